The Hall–Kier alpha value is -1.09. The molecule has 3 heteroatoms. The zero-order chi connectivity index (χ0) is 11.8. The second-order valence-corrected chi connectivity index (χ2v) is 4.72. The Bertz CT molecular complexity index is 392. The van der Waals surface area contributed by atoms with E-state index in [2.05, 4.69) is 6.92 Å². The molecule has 88 valence electrons. The molecule has 0 aromatic heterocycles. The topological polar surface area (TPSA) is 29.5 Å². The van der Waals surface area contributed by atoms with Gasteiger partial charge in [0.25, 0.3) is 0 Å². The third-order valence-corrected chi connectivity index (χ3v) is 3.40. The molecule has 0 radical (unpaired) electrons. The number of methoxy groups -OCH3 is 1. The molecule has 0 spiro atoms. The molecule has 0 amide bonds. The lowest BCUT2D eigenvalue weighted by atomic mass is 9.90. The third kappa shape index (κ3) is 1.92. The van der Waals surface area contributed by atoms with Crippen LogP contribution >= 0.6 is 0 Å². The zero-order valence-electron chi connectivity index (χ0n) is 9.66. The minimum Gasteiger partial charge on any atom is -0.496 e. The lowest BCUT2D eigenvalue weighted by molar-refractivity contribution is 0.0380. The van der Waals surface area contributed by atoms with E-state index in [9.17, 15) is 9.50 Å². The first-order valence-corrected chi connectivity index (χ1v) is 5.61. The van der Waals surface area contributed by atoms with Gasteiger partial charge >= 0.3 is 0 Å². The summed E-state index contributed by atoms with van der Waals surface area (Å²) in [5.41, 5.74) is -0.341. The summed E-state index contributed by atoms with van der Waals surface area (Å²) < 4.78 is 18.4. The van der Waals surface area contributed by atoms with E-state index in [0.29, 0.717) is 30.1 Å². The van der Waals surface area contributed by atoms with Gasteiger partial charge in [0, 0.05) is 5.56 Å². The molecule has 1 aliphatic carbocycles. The molecular formula is C13H17FO2. The number of ether oxygens (including phenoxy) is 1. The summed E-state index contributed by atoms with van der Waals surface area (Å²) in [5, 5.41) is 10.5. The molecule has 2 atom stereocenters. The Morgan fingerprint density at radius 3 is 2.81 bits per heavy atom. The third-order valence-electron chi connectivity index (χ3n) is 3.40. The molecule has 2 unspecified atom stereocenters. The van der Waals surface area contributed by atoms with Gasteiger partial charge in [-0.2, -0.15) is 0 Å². The van der Waals surface area contributed by atoms with E-state index in [0.717, 1.165) is 6.42 Å². The van der Waals surface area contributed by atoms with E-state index in [1.165, 1.54) is 12.1 Å². The first-order chi connectivity index (χ1) is 7.55. The SMILES string of the molecule is COc1ccc(F)cc1C1(O)CCC(C)C1. The van der Waals surface area contributed by atoms with Crippen LogP contribution < -0.4 is 4.74 Å². The van der Waals surface area contributed by atoms with E-state index in [-0.39, 0.29) is 5.82 Å². The van der Waals surface area contributed by atoms with Crippen molar-refractivity contribution in [2.45, 2.75) is 31.8 Å². The van der Waals surface area contributed by atoms with E-state index in [1.54, 1.807) is 13.2 Å². The number of rotatable bonds is 2. The molecule has 0 heterocycles. The lowest BCUT2D eigenvalue weighted by Crippen LogP contribution is -2.22. The minimum absolute atomic E-state index is 0.330. The highest BCUT2D eigenvalue weighted by atomic mass is 19.1. The van der Waals surface area contributed by atoms with Gasteiger partial charge in [-0.05, 0) is 43.4 Å². The fourth-order valence-electron chi connectivity index (χ4n) is 2.55. The van der Waals surface area contributed by atoms with Gasteiger partial charge in [-0.15, -0.1) is 0 Å². The maximum absolute atomic E-state index is 13.2. The molecule has 1 aliphatic rings. The predicted octanol–water partition coefficient (Wildman–Crippen LogP) is 2.84. The van der Waals surface area contributed by atoms with Crippen LogP contribution in [-0.4, -0.2) is 12.2 Å². The fourth-order valence-corrected chi connectivity index (χ4v) is 2.55. The summed E-state index contributed by atoms with van der Waals surface area (Å²) in [5.74, 6) is 0.708. The van der Waals surface area contributed by atoms with Crippen LogP contribution in [0.4, 0.5) is 4.39 Å². The Labute approximate surface area is 95.1 Å². The van der Waals surface area contributed by atoms with E-state index in [4.69, 9.17) is 4.74 Å². The second-order valence-electron chi connectivity index (χ2n) is 4.72. The molecule has 16 heavy (non-hydrogen) atoms. The van der Waals surface area contributed by atoms with Gasteiger partial charge in [0.1, 0.15) is 11.6 Å². The van der Waals surface area contributed by atoms with Crippen LogP contribution in [0.3, 0.4) is 0 Å². The Balaban J connectivity index is 2.42. The Morgan fingerprint density at radius 1 is 1.50 bits per heavy atom. The highest BCUT2D eigenvalue weighted by Gasteiger charge is 2.39. The van der Waals surface area contributed by atoms with Gasteiger partial charge in [-0.25, -0.2) is 4.39 Å². The van der Waals surface area contributed by atoms with Gasteiger partial charge in [0.2, 0.25) is 0 Å². The van der Waals surface area contributed by atoms with Crippen LogP contribution in [0.2, 0.25) is 0 Å². The highest BCUT2D eigenvalue weighted by molar-refractivity contribution is 5.39. The summed E-state index contributed by atoms with van der Waals surface area (Å²) in [7, 11) is 1.54. The largest absolute Gasteiger partial charge is 0.496 e. The van der Waals surface area contributed by atoms with Crippen LogP contribution in [0, 0.1) is 11.7 Å². The molecule has 1 fully saturated rings. The van der Waals surface area contributed by atoms with Crippen LogP contribution in [0.15, 0.2) is 18.2 Å². The van der Waals surface area contributed by atoms with Gasteiger partial charge in [0.15, 0.2) is 0 Å². The first kappa shape index (κ1) is 11.4. The fraction of sp³-hybridized carbons (Fsp3) is 0.538. The monoisotopic (exact) mass is 224 g/mol. The highest BCUT2D eigenvalue weighted by Crippen LogP contribution is 2.45. The van der Waals surface area contributed by atoms with Gasteiger partial charge in [-0.1, -0.05) is 6.92 Å². The molecule has 2 rings (SSSR count). The summed E-state index contributed by atoms with van der Waals surface area (Å²) in [6.07, 6.45) is 2.32. The zero-order valence-corrected chi connectivity index (χ0v) is 9.66. The van der Waals surface area contributed by atoms with Gasteiger partial charge in [-0.3, -0.25) is 0 Å². The molecule has 1 aromatic carbocycles. The van der Waals surface area contributed by atoms with Gasteiger partial charge < -0.3 is 9.84 Å². The number of hydrogen-bond acceptors (Lipinski definition) is 2. The van der Waals surface area contributed by atoms with Crippen molar-refractivity contribution in [1.29, 1.82) is 0 Å². The summed E-state index contributed by atoms with van der Waals surface area (Å²) in [6, 6.07) is 4.31. The summed E-state index contributed by atoms with van der Waals surface area (Å²) in [4.78, 5) is 0. The molecule has 1 N–H and O–H groups in total. The number of hydrogen-bond donors (Lipinski definition) is 1. The Morgan fingerprint density at radius 2 is 2.25 bits per heavy atom. The van der Waals surface area contributed by atoms with Crippen molar-refractivity contribution >= 4 is 0 Å². The summed E-state index contributed by atoms with van der Waals surface area (Å²) >= 11 is 0. The van der Waals surface area contributed by atoms with Crippen LogP contribution in [0.1, 0.15) is 31.7 Å². The van der Waals surface area contributed by atoms with Crippen molar-refractivity contribution in [3.8, 4) is 5.75 Å². The van der Waals surface area contributed by atoms with Crippen molar-refractivity contribution in [2.75, 3.05) is 7.11 Å². The Kier molecular flexibility index (Phi) is 2.89. The van der Waals surface area contributed by atoms with Crippen molar-refractivity contribution in [3.63, 3.8) is 0 Å². The minimum atomic E-state index is -0.924. The smallest absolute Gasteiger partial charge is 0.125 e. The molecule has 2 nitrogen and oxygen atoms in total. The maximum Gasteiger partial charge on any atom is 0.125 e. The first-order valence-electron chi connectivity index (χ1n) is 5.61. The van der Waals surface area contributed by atoms with Gasteiger partial charge in [0.05, 0.1) is 12.7 Å². The van der Waals surface area contributed by atoms with Crippen molar-refractivity contribution in [2.24, 2.45) is 5.92 Å². The van der Waals surface area contributed by atoms with Crippen molar-refractivity contribution in [3.05, 3.63) is 29.6 Å². The maximum atomic E-state index is 13.2. The van der Waals surface area contributed by atoms with E-state index >= 15 is 0 Å². The average Bonchev–Trinajstić information content (AvgIpc) is 2.60. The second kappa shape index (κ2) is 4.06. The normalized spacial score (nSPS) is 29.4. The standard InChI is InChI=1S/C13H17FO2/c1-9-5-6-13(15,8-9)11-7-10(14)3-4-12(11)16-2/h3-4,7,9,15H,5-6,8H2,1-2H3. The molecule has 0 aliphatic heterocycles. The molecular weight excluding hydrogens is 207 g/mol. The van der Waals surface area contributed by atoms with E-state index in [1.807, 2.05) is 0 Å². The van der Waals surface area contributed by atoms with Crippen LogP contribution in [0.25, 0.3) is 0 Å². The van der Waals surface area contributed by atoms with E-state index < -0.39 is 5.60 Å². The van der Waals surface area contributed by atoms with Crippen molar-refractivity contribution in [1.82, 2.24) is 0 Å². The van der Waals surface area contributed by atoms with Crippen molar-refractivity contribution < 1.29 is 14.2 Å². The molecule has 0 saturated heterocycles. The molecule has 0 bridgehead atoms. The van der Waals surface area contributed by atoms with Crippen LogP contribution in [0.5, 0.6) is 5.75 Å². The summed E-state index contributed by atoms with van der Waals surface area (Å²) in [6.45, 7) is 2.10. The molecule has 1 saturated carbocycles. The molecule has 1 aromatic rings. The van der Waals surface area contributed by atoms with Crippen LogP contribution in [-0.2, 0) is 5.60 Å². The quantitative estimate of drug-likeness (QED) is 0.837. The number of benzene rings is 1. The predicted molar refractivity (Wildman–Crippen MR) is 59.9 cm³/mol. The average molecular weight is 224 g/mol. The number of halogens is 1. The number of aliphatic hydroxyl groups is 1. The lowest BCUT2D eigenvalue weighted by Gasteiger charge is -2.25.